The molecule has 0 bridgehead atoms. The zero-order valence-electron chi connectivity index (χ0n) is 25.7. The van der Waals surface area contributed by atoms with Crippen molar-refractivity contribution in [2.24, 2.45) is 4.99 Å². The van der Waals surface area contributed by atoms with E-state index in [1.54, 1.807) is 51.3 Å². The van der Waals surface area contributed by atoms with E-state index in [4.69, 9.17) is 18.9 Å². The highest BCUT2D eigenvalue weighted by Crippen LogP contribution is 2.37. The number of hydrogen-bond donors (Lipinski definition) is 0. The maximum absolute atomic E-state index is 14.1. The normalized spacial score (nSPS) is 14.6. The number of benzene rings is 3. The van der Waals surface area contributed by atoms with Crippen LogP contribution in [0.3, 0.4) is 0 Å². The number of carbonyl (C=O) groups excluding carboxylic acids is 1. The Morgan fingerprint density at radius 2 is 1.85 bits per heavy atom. The van der Waals surface area contributed by atoms with Crippen molar-refractivity contribution in [2.45, 2.75) is 46.4 Å². The molecule has 240 valence electrons. The molecule has 0 saturated heterocycles. The lowest BCUT2D eigenvalue weighted by Crippen LogP contribution is -2.40. The van der Waals surface area contributed by atoms with Gasteiger partial charge < -0.3 is 18.9 Å². The van der Waals surface area contributed by atoms with Gasteiger partial charge in [0.25, 0.3) is 5.56 Å². The number of halogens is 3. The van der Waals surface area contributed by atoms with Crippen molar-refractivity contribution in [3.05, 3.63) is 117 Å². The van der Waals surface area contributed by atoms with Crippen LogP contribution in [0, 0.1) is 5.82 Å². The second-order valence-electron chi connectivity index (χ2n) is 10.6. The second kappa shape index (κ2) is 14.4. The fourth-order valence-corrected chi connectivity index (χ4v) is 7.54. The van der Waals surface area contributed by atoms with Crippen LogP contribution in [0.4, 0.5) is 4.39 Å². The van der Waals surface area contributed by atoms with E-state index in [-0.39, 0.29) is 36.3 Å². The van der Waals surface area contributed by atoms with Gasteiger partial charge in [-0.05, 0) is 119 Å². The smallest absolute Gasteiger partial charge is 0.338 e. The highest BCUT2D eigenvalue weighted by Gasteiger charge is 2.34. The molecule has 1 atom stereocenters. The highest BCUT2D eigenvalue weighted by molar-refractivity contribution is 9.11. The summed E-state index contributed by atoms with van der Waals surface area (Å²) in [6, 6.07) is 14.4. The first-order valence-electron chi connectivity index (χ1n) is 14.4. The number of thiazole rings is 1. The number of esters is 1. The minimum Gasteiger partial charge on any atom is -0.493 e. The predicted molar refractivity (Wildman–Crippen MR) is 182 cm³/mol. The lowest BCUT2D eigenvalue weighted by atomic mass is 9.95. The van der Waals surface area contributed by atoms with E-state index in [2.05, 4.69) is 36.9 Å². The molecule has 1 aromatic heterocycles. The molecule has 3 aromatic carbocycles. The number of nitrogens with zero attached hydrogens (tertiary/aromatic N) is 2. The molecule has 0 radical (unpaired) electrons. The fourth-order valence-electron chi connectivity index (χ4n) is 5.05. The molecule has 0 fully saturated rings. The number of carbonyl (C=O) groups is 1. The summed E-state index contributed by atoms with van der Waals surface area (Å²) in [5, 5.41) is 0. The van der Waals surface area contributed by atoms with Crippen LogP contribution in [-0.2, 0) is 16.1 Å². The molecule has 1 aliphatic rings. The molecule has 0 unspecified atom stereocenters. The van der Waals surface area contributed by atoms with Crippen molar-refractivity contribution in [1.29, 1.82) is 0 Å². The van der Waals surface area contributed by atoms with E-state index in [9.17, 15) is 14.0 Å². The van der Waals surface area contributed by atoms with E-state index in [0.717, 1.165) is 5.56 Å². The molecule has 4 aromatic rings. The van der Waals surface area contributed by atoms with Gasteiger partial charge in [-0.25, -0.2) is 14.2 Å². The van der Waals surface area contributed by atoms with Gasteiger partial charge in [-0.1, -0.05) is 29.5 Å². The highest BCUT2D eigenvalue weighted by atomic mass is 79.9. The van der Waals surface area contributed by atoms with Crippen molar-refractivity contribution >= 4 is 55.2 Å². The van der Waals surface area contributed by atoms with Crippen molar-refractivity contribution in [2.75, 3.05) is 13.7 Å². The van der Waals surface area contributed by atoms with Gasteiger partial charge in [-0.2, -0.15) is 0 Å². The van der Waals surface area contributed by atoms with E-state index < -0.39 is 12.0 Å². The molecule has 1 aliphatic heterocycles. The molecule has 5 rings (SSSR count). The Kier molecular flexibility index (Phi) is 10.5. The molecule has 8 nitrogen and oxygen atoms in total. The number of aromatic nitrogens is 1. The lowest BCUT2D eigenvalue weighted by molar-refractivity contribution is -0.139. The van der Waals surface area contributed by atoms with Gasteiger partial charge in [-0.15, -0.1) is 0 Å². The Hall–Kier alpha value is -3.74. The molecule has 0 aliphatic carbocycles. The van der Waals surface area contributed by atoms with Crippen molar-refractivity contribution < 1.29 is 28.1 Å². The molecule has 0 N–H and O–H groups in total. The summed E-state index contributed by atoms with van der Waals surface area (Å²) in [7, 11) is 1.54. The standard InChI is InChI=1S/C34H31Br2FN2O6S/c1-6-43-33(41)29-19(4)38-34-39(30(29)22-10-11-26(45-18(2)3)27(16-22)42-5)32(40)28(46-34)15-21-13-24(35)31(25(36)14-21)44-17-20-8-7-9-23(37)12-20/h7-16,18,30H,6,17H2,1-5H3/b28-15-/t30-/m1/s1. The first-order chi connectivity index (χ1) is 22.0. The zero-order chi connectivity index (χ0) is 33.1. The van der Waals surface area contributed by atoms with Crippen LogP contribution in [0.1, 0.15) is 50.4 Å². The number of methoxy groups -OCH3 is 1. The third kappa shape index (κ3) is 7.13. The SMILES string of the molecule is CCOC(=O)C1=C(C)N=c2s/c(=C\c3cc(Br)c(OCc4cccc(F)c4)c(Br)c3)c(=O)n2[C@@H]1c1ccc(OC(C)C)c(OC)c1. The summed E-state index contributed by atoms with van der Waals surface area (Å²) >= 11 is 8.36. The molecular weight excluding hydrogens is 743 g/mol. The Balaban J connectivity index is 1.58. The van der Waals surface area contributed by atoms with Gasteiger partial charge in [0.1, 0.15) is 18.2 Å². The van der Waals surface area contributed by atoms with Crippen LogP contribution in [0.5, 0.6) is 17.2 Å². The van der Waals surface area contributed by atoms with Gasteiger partial charge in [0, 0.05) is 0 Å². The number of ether oxygens (including phenoxy) is 4. The number of rotatable bonds is 10. The van der Waals surface area contributed by atoms with Gasteiger partial charge in [-0.3, -0.25) is 9.36 Å². The van der Waals surface area contributed by atoms with Crippen LogP contribution in [0.25, 0.3) is 6.08 Å². The summed E-state index contributed by atoms with van der Waals surface area (Å²) in [6.45, 7) is 7.64. The van der Waals surface area contributed by atoms with Crippen LogP contribution >= 0.6 is 43.2 Å². The predicted octanol–water partition coefficient (Wildman–Crippen LogP) is 6.84. The Bertz CT molecular complexity index is 2000. The summed E-state index contributed by atoms with van der Waals surface area (Å²) < 4.78 is 39.7. The summed E-state index contributed by atoms with van der Waals surface area (Å²) in [5.41, 5.74) is 2.47. The maximum Gasteiger partial charge on any atom is 0.338 e. The topological polar surface area (TPSA) is 88.4 Å². The second-order valence-corrected chi connectivity index (χ2v) is 13.3. The van der Waals surface area contributed by atoms with Crippen LogP contribution in [0.2, 0.25) is 0 Å². The molecule has 0 amide bonds. The first kappa shape index (κ1) is 33.6. The van der Waals surface area contributed by atoms with Crippen molar-refractivity contribution in [3.8, 4) is 17.2 Å². The van der Waals surface area contributed by atoms with E-state index in [1.807, 2.05) is 32.0 Å². The van der Waals surface area contributed by atoms with E-state index >= 15 is 0 Å². The Morgan fingerprint density at radius 1 is 1.11 bits per heavy atom. The summed E-state index contributed by atoms with van der Waals surface area (Å²) in [6.07, 6.45) is 1.68. The number of allylic oxidation sites excluding steroid dienone is 1. The van der Waals surface area contributed by atoms with Crippen LogP contribution in [0.15, 0.2) is 84.6 Å². The van der Waals surface area contributed by atoms with Crippen molar-refractivity contribution in [3.63, 3.8) is 0 Å². The summed E-state index contributed by atoms with van der Waals surface area (Å²) in [4.78, 5) is 32.5. The van der Waals surface area contributed by atoms with E-state index in [1.165, 1.54) is 28.0 Å². The molecule has 12 heteroatoms. The molecule has 46 heavy (non-hydrogen) atoms. The average molecular weight is 775 g/mol. The molecule has 2 heterocycles. The minimum atomic E-state index is -0.809. The third-order valence-corrected chi connectivity index (χ3v) is 9.13. The van der Waals surface area contributed by atoms with Gasteiger partial charge in [0.2, 0.25) is 0 Å². The van der Waals surface area contributed by atoms with Crippen LogP contribution in [-0.4, -0.2) is 30.4 Å². The molecular formula is C34H31Br2FN2O6S. The Labute approximate surface area is 286 Å². The van der Waals surface area contributed by atoms with Crippen LogP contribution < -0.4 is 29.1 Å². The van der Waals surface area contributed by atoms with Crippen molar-refractivity contribution in [1.82, 2.24) is 4.57 Å². The number of fused-ring (bicyclic) bond motifs is 1. The third-order valence-electron chi connectivity index (χ3n) is 6.97. The van der Waals surface area contributed by atoms with Gasteiger partial charge in [0.15, 0.2) is 16.3 Å². The zero-order valence-corrected chi connectivity index (χ0v) is 29.7. The summed E-state index contributed by atoms with van der Waals surface area (Å²) in [5.74, 6) is 0.675. The molecule has 0 saturated carbocycles. The maximum atomic E-state index is 14.1. The largest absolute Gasteiger partial charge is 0.493 e. The van der Waals surface area contributed by atoms with Gasteiger partial charge in [0.05, 0.1) is 50.6 Å². The first-order valence-corrected chi connectivity index (χ1v) is 16.8. The monoisotopic (exact) mass is 772 g/mol. The lowest BCUT2D eigenvalue weighted by Gasteiger charge is -2.25. The number of hydrogen-bond acceptors (Lipinski definition) is 8. The fraction of sp³-hybridized carbons (Fsp3) is 0.265. The van der Waals surface area contributed by atoms with E-state index in [0.29, 0.717) is 52.4 Å². The molecule has 0 spiro atoms. The average Bonchev–Trinajstić information content (AvgIpc) is 3.29. The minimum absolute atomic E-state index is 0.0798. The van der Waals surface area contributed by atoms with Gasteiger partial charge >= 0.3 is 5.97 Å². The Morgan fingerprint density at radius 3 is 2.50 bits per heavy atom. The quantitative estimate of drug-likeness (QED) is 0.164.